The fraction of sp³-hybridized carbons (Fsp3) is 0.350. The maximum Gasteiger partial charge on any atom is 0.257 e. The summed E-state index contributed by atoms with van der Waals surface area (Å²) in [4.78, 5) is 14.8. The molecule has 0 aromatic heterocycles. The maximum atomic E-state index is 12.9. The Balaban J connectivity index is 1.72. The van der Waals surface area contributed by atoms with Crippen molar-refractivity contribution in [2.24, 2.45) is 0 Å². The molecule has 1 amide bonds. The number of amides is 1. The number of carbonyl (C=O) groups excluding carboxylic acids is 1. The Hall–Kier alpha value is -1.64. The predicted molar refractivity (Wildman–Crippen MR) is 116 cm³/mol. The Morgan fingerprint density at radius 2 is 1.72 bits per heavy atom. The number of nitrogens with zero attached hydrogens (tertiary/aromatic N) is 2. The second-order valence-corrected chi connectivity index (χ2v) is 9.92. The van der Waals surface area contributed by atoms with Crippen LogP contribution in [0.5, 0.6) is 0 Å². The summed E-state index contributed by atoms with van der Waals surface area (Å²) in [6.45, 7) is 1.75. The van der Waals surface area contributed by atoms with E-state index in [2.05, 4.69) is 10.2 Å². The number of likely N-dealkylation sites (tertiary alicyclic amines) is 1. The Kier molecular flexibility index (Phi) is 6.86. The molecule has 2 aromatic rings. The zero-order chi connectivity index (χ0) is 21.2. The summed E-state index contributed by atoms with van der Waals surface area (Å²) in [5.74, 6) is -0.420. The summed E-state index contributed by atoms with van der Waals surface area (Å²) in [6.07, 6.45) is 1.61. The van der Waals surface area contributed by atoms with Crippen LogP contribution in [-0.2, 0) is 10.0 Å². The van der Waals surface area contributed by atoms with Crippen LogP contribution in [0.2, 0.25) is 10.0 Å². The molecule has 1 aliphatic rings. The average Bonchev–Trinajstić information content (AvgIpc) is 2.70. The number of anilines is 1. The van der Waals surface area contributed by atoms with Gasteiger partial charge < -0.3 is 10.2 Å². The van der Waals surface area contributed by atoms with Crippen molar-refractivity contribution in [2.75, 3.05) is 32.5 Å². The van der Waals surface area contributed by atoms with E-state index in [0.29, 0.717) is 5.69 Å². The van der Waals surface area contributed by atoms with Crippen LogP contribution in [0.3, 0.4) is 0 Å². The van der Waals surface area contributed by atoms with Crippen molar-refractivity contribution in [3.8, 4) is 0 Å². The van der Waals surface area contributed by atoms with Gasteiger partial charge in [-0.1, -0.05) is 29.3 Å². The maximum absolute atomic E-state index is 12.9. The number of carbonyl (C=O) groups is 1. The highest BCUT2D eigenvalue weighted by Gasteiger charge is 2.30. The number of nitrogens with one attached hydrogen (secondary N) is 1. The largest absolute Gasteiger partial charge is 0.322 e. The van der Waals surface area contributed by atoms with Gasteiger partial charge in [0.2, 0.25) is 10.0 Å². The molecule has 0 atom stereocenters. The highest BCUT2D eigenvalue weighted by molar-refractivity contribution is 7.89. The molecule has 0 spiro atoms. The number of hydrogen-bond acceptors (Lipinski definition) is 4. The second kappa shape index (κ2) is 9.02. The van der Waals surface area contributed by atoms with E-state index in [9.17, 15) is 13.2 Å². The van der Waals surface area contributed by atoms with Gasteiger partial charge in [-0.15, -0.1) is 0 Å². The van der Waals surface area contributed by atoms with Crippen molar-refractivity contribution in [2.45, 2.75) is 23.8 Å². The molecule has 1 saturated heterocycles. The van der Waals surface area contributed by atoms with E-state index in [1.165, 1.54) is 16.4 Å². The van der Waals surface area contributed by atoms with Gasteiger partial charge in [-0.25, -0.2) is 8.42 Å². The summed E-state index contributed by atoms with van der Waals surface area (Å²) in [7, 11) is 0.0609. The van der Waals surface area contributed by atoms with E-state index in [1.807, 2.05) is 7.05 Å². The van der Waals surface area contributed by atoms with Crippen molar-refractivity contribution in [1.29, 1.82) is 0 Å². The highest BCUT2D eigenvalue weighted by atomic mass is 35.5. The molecule has 0 radical (unpaired) electrons. The number of hydrogen-bond donors (Lipinski definition) is 1. The number of rotatable bonds is 5. The molecular formula is C20H23Cl2N3O3S. The SMILES string of the molecule is CN1CCC(N(C)S(=O)(=O)c2ccc(NC(=O)c3cccc(Cl)c3Cl)cc2)CC1. The van der Waals surface area contributed by atoms with Crippen molar-refractivity contribution < 1.29 is 13.2 Å². The lowest BCUT2D eigenvalue weighted by atomic mass is 10.1. The number of halogens is 2. The number of benzene rings is 2. The lowest BCUT2D eigenvalue weighted by Crippen LogP contribution is -2.44. The van der Waals surface area contributed by atoms with Gasteiger partial charge in [0.15, 0.2) is 0 Å². The first kappa shape index (κ1) is 22.1. The standard InChI is InChI=1S/C20H23Cl2N3O3S/c1-24-12-10-15(11-13-24)25(2)29(27,28)16-8-6-14(7-9-16)23-20(26)17-4-3-5-18(21)19(17)22/h3-9,15H,10-13H2,1-2H3,(H,23,26). The van der Waals surface area contributed by atoms with Gasteiger partial charge in [0.05, 0.1) is 20.5 Å². The molecule has 1 fully saturated rings. The Morgan fingerprint density at radius 3 is 2.34 bits per heavy atom. The van der Waals surface area contributed by atoms with Crippen molar-refractivity contribution in [3.05, 3.63) is 58.1 Å². The van der Waals surface area contributed by atoms with Gasteiger partial charge in [-0.05, 0) is 69.4 Å². The molecule has 29 heavy (non-hydrogen) atoms. The molecule has 2 aromatic carbocycles. The average molecular weight is 456 g/mol. The first-order chi connectivity index (χ1) is 13.7. The van der Waals surface area contributed by atoms with Crippen LogP contribution in [0.4, 0.5) is 5.69 Å². The Labute approximate surface area is 181 Å². The minimum absolute atomic E-state index is 0.0134. The van der Waals surface area contributed by atoms with Crippen LogP contribution in [-0.4, -0.2) is 56.8 Å². The molecule has 9 heteroatoms. The molecule has 0 bridgehead atoms. The third kappa shape index (κ3) is 4.92. The molecule has 156 valence electrons. The van der Waals surface area contributed by atoms with E-state index < -0.39 is 15.9 Å². The van der Waals surface area contributed by atoms with Crippen molar-refractivity contribution in [3.63, 3.8) is 0 Å². The monoisotopic (exact) mass is 455 g/mol. The molecule has 1 heterocycles. The molecule has 0 unspecified atom stereocenters. The van der Waals surface area contributed by atoms with Gasteiger partial charge >= 0.3 is 0 Å². The number of sulfonamides is 1. The highest BCUT2D eigenvalue weighted by Crippen LogP contribution is 2.27. The summed E-state index contributed by atoms with van der Waals surface area (Å²) >= 11 is 12.0. The molecule has 3 rings (SSSR count). The molecule has 0 saturated carbocycles. The topological polar surface area (TPSA) is 69.7 Å². The van der Waals surface area contributed by atoms with E-state index >= 15 is 0 Å². The van der Waals surface area contributed by atoms with Gasteiger partial charge in [0, 0.05) is 18.8 Å². The third-order valence-corrected chi connectivity index (χ3v) is 7.93. The summed E-state index contributed by atoms with van der Waals surface area (Å²) in [6, 6.07) is 10.9. The van der Waals surface area contributed by atoms with Crippen LogP contribution in [0.25, 0.3) is 0 Å². The van der Waals surface area contributed by atoms with E-state index in [-0.39, 0.29) is 26.5 Å². The molecule has 0 aliphatic carbocycles. The number of piperidine rings is 1. The van der Waals surface area contributed by atoms with Crippen LogP contribution < -0.4 is 5.32 Å². The zero-order valence-electron chi connectivity index (χ0n) is 16.2. The fourth-order valence-electron chi connectivity index (χ4n) is 3.31. The molecular weight excluding hydrogens is 433 g/mol. The quantitative estimate of drug-likeness (QED) is 0.740. The van der Waals surface area contributed by atoms with Crippen molar-refractivity contribution in [1.82, 2.24) is 9.21 Å². The van der Waals surface area contributed by atoms with E-state index in [4.69, 9.17) is 23.2 Å². The van der Waals surface area contributed by atoms with E-state index in [0.717, 1.165) is 25.9 Å². The first-order valence-electron chi connectivity index (χ1n) is 9.22. The van der Waals surface area contributed by atoms with Crippen LogP contribution >= 0.6 is 23.2 Å². The molecule has 6 nitrogen and oxygen atoms in total. The second-order valence-electron chi connectivity index (χ2n) is 7.14. The third-order valence-electron chi connectivity index (χ3n) is 5.19. The van der Waals surface area contributed by atoms with Crippen LogP contribution in [0, 0.1) is 0 Å². The summed E-state index contributed by atoms with van der Waals surface area (Å²) < 4.78 is 27.3. The Morgan fingerprint density at radius 1 is 1.10 bits per heavy atom. The lowest BCUT2D eigenvalue weighted by Gasteiger charge is -2.34. The summed E-state index contributed by atoms with van der Waals surface area (Å²) in [5, 5.41) is 3.17. The molecule has 1 N–H and O–H groups in total. The van der Waals surface area contributed by atoms with Gasteiger partial charge in [0.1, 0.15) is 0 Å². The lowest BCUT2D eigenvalue weighted by molar-refractivity contribution is 0.102. The first-order valence-corrected chi connectivity index (χ1v) is 11.4. The van der Waals surface area contributed by atoms with Crippen LogP contribution in [0.15, 0.2) is 47.4 Å². The summed E-state index contributed by atoms with van der Waals surface area (Å²) in [5.41, 5.74) is 0.713. The Bertz CT molecular complexity index is 989. The fourth-order valence-corrected chi connectivity index (χ4v) is 5.11. The van der Waals surface area contributed by atoms with E-state index in [1.54, 1.807) is 37.4 Å². The van der Waals surface area contributed by atoms with Gasteiger partial charge in [-0.3, -0.25) is 4.79 Å². The normalized spacial score (nSPS) is 16.2. The minimum atomic E-state index is -3.60. The smallest absolute Gasteiger partial charge is 0.257 e. The van der Waals surface area contributed by atoms with Gasteiger partial charge in [0.25, 0.3) is 5.91 Å². The van der Waals surface area contributed by atoms with Gasteiger partial charge in [-0.2, -0.15) is 4.31 Å². The minimum Gasteiger partial charge on any atom is -0.322 e. The molecule has 1 aliphatic heterocycles. The zero-order valence-corrected chi connectivity index (χ0v) is 18.6. The van der Waals surface area contributed by atoms with Crippen LogP contribution in [0.1, 0.15) is 23.2 Å². The predicted octanol–water partition coefficient (Wildman–Crippen LogP) is 3.96. The van der Waals surface area contributed by atoms with Crippen molar-refractivity contribution >= 4 is 44.8 Å².